The maximum atomic E-state index is 12.4. The van der Waals surface area contributed by atoms with Gasteiger partial charge in [0.1, 0.15) is 0 Å². The van der Waals surface area contributed by atoms with Gasteiger partial charge in [0, 0.05) is 16.9 Å². The monoisotopic (exact) mass is 387 g/mol. The summed E-state index contributed by atoms with van der Waals surface area (Å²) in [6.07, 6.45) is 0.816. The molecule has 3 rings (SSSR count). The third-order valence-electron chi connectivity index (χ3n) is 4.55. The lowest BCUT2D eigenvalue weighted by Gasteiger charge is -2.18. The van der Waals surface area contributed by atoms with E-state index < -0.39 is 0 Å². The van der Waals surface area contributed by atoms with E-state index in [1.54, 1.807) is 12.1 Å². The zero-order valence-electron chi connectivity index (χ0n) is 16.4. The van der Waals surface area contributed by atoms with Gasteiger partial charge in [-0.05, 0) is 42.3 Å². The van der Waals surface area contributed by atoms with Crippen molar-refractivity contribution < 1.29 is 9.59 Å². The Balaban J connectivity index is 1.55. The fourth-order valence-corrected chi connectivity index (χ4v) is 3.03. The maximum absolute atomic E-state index is 12.4. The van der Waals surface area contributed by atoms with Crippen molar-refractivity contribution in [1.29, 1.82) is 0 Å². The number of nitrogens with one attached hydrogen (secondary N) is 3. The molecule has 0 bridgehead atoms. The Labute approximate surface area is 171 Å². The number of hydrogen-bond donors (Lipinski definition) is 3. The zero-order valence-corrected chi connectivity index (χ0v) is 16.4. The van der Waals surface area contributed by atoms with Crippen LogP contribution in [0.2, 0.25) is 0 Å². The normalized spacial score (nSPS) is 11.3. The lowest BCUT2D eigenvalue weighted by Crippen LogP contribution is -2.33. The Hall–Kier alpha value is -3.60. The van der Waals surface area contributed by atoms with Crippen molar-refractivity contribution in [3.63, 3.8) is 0 Å². The SMILES string of the molecule is CCC(NC(=O)CNc1cccc(NC(=O)c2ccccc2)c1)c1ccccc1. The first-order valence-corrected chi connectivity index (χ1v) is 9.70. The van der Waals surface area contributed by atoms with Crippen LogP contribution < -0.4 is 16.0 Å². The predicted molar refractivity (Wildman–Crippen MR) is 117 cm³/mol. The summed E-state index contributed by atoms with van der Waals surface area (Å²) in [6.45, 7) is 2.20. The Bertz CT molecular complexity index is 943. The lowest BCUT2D eigenvalue weighted by atomic mass is 10.0. The third-order valence-corrected chi connectivity index (χ3v) is 4.55. The standard InChI is InChI=1S/C24H25N3O2/c1-2-22(18-10-5-3-6-11-18)27-23(28)17-25-20-14-9-15-21(16-20)26-24(29)19-12-7-4-8-13-19/h3-16,22,25H,2,17H2,1H3,(H,26,29)(H,27,28). The van der Waals surface area contributed by atoms with Gasteiger partial charge in [-0.3, -0.25) is 9.59 Å². The number of benzene rings is 3. The van der Waals surface area contributed by atoms with Gasteiger partial charge in [-0.1, -0.05) is 61.5 Å². The second-order valence-electron chi connectivity index (χ2n) is 6.69. The minimum absolute atomic E-state index is 0.0120. The molecule has 5 nitrogen and oxygen atoms in total. The van der Waals surface area contributed by atoms with Crippen LogP contribution >= 0.6 is 0 Å². The molecule has 1 atom stereocenters. The van der Waals surface area contributed by atoms with Gasteiger partial charge in [0.25, 0.3) is 5.91 Å². The van der Waals surface area contributed by atoms with Crippen molar-refractivity contribution in [2.45, 2.75) is 19.4 Å². The van der Waals surface area contributed by atoms with Crippen molar-refractivity contribution >= 4 is 23.2 Å². The summed E-state index contributed by atoms with van der Waals surface area (Å²) < 4.78 is 0. The van der Waals surface area contributed by atoms with Gasteiger partial charge >= 0.3 is 0 Å². The number of anilines is 2. The molecule has 0 radical (unpaired) electrons. The zero-order chi connectivity index (χ0) is 20.5. The molecule has 5 heteroatoms. The maximum Gasteiger partial charge on any atom is 0.255 e. The Morgan fingerprint density at radius 2 is 1.48 bits per heavy atom. The summed E-state index contributed by atoms with van der Waals surface area (Å²) in [7, 11) is 0. The van der Waals surface area contributed by atoms with Gasteiger partial charge in [0.15, 0.2) is 0 Å². The first-order chi connectivity index (χ1) is 14.2. The highest BCUT2D eigenvalue weighted by atomic mass is 16.2. The highest BCUT2D eigenvalue weighted by molar-refractivity contribution is 6.04. The average Bonchev–Trinajstić information content (AvgIpc) is 2.77. The second-order valence-corrected chi connectivity index (χ2v) is 6.69. The molecule has 0 aliphatic heterocycles. The number of amides is 2. The quantitative estimate of drug-likeness (QED) is 0.528. The van der Waals surface area contributed by atoms with E-state index in [1.165, 1.54) is 0 Å². The van der Waals surface area contributed by atoms with E-state index in [0.29, 0.717) is 11.3 Å². The fraction of sp³-hybridized carbons (Fsp3) is 0.167. The molecule has 0 aliphatic carbocycles. The molecule has 3 N–H and O–H groups in total. The van der Waals surface area contributed by atoms with E-state index in [2.05, 4.69) is 16.0 Å². The van der Waals surface area contributed by atoms with Crippen LogP contribution in [0, 0.1) is 0 Å². The molecule has 0 heterocycles. The van der Waals surface area contributed by atoms with Crippen LogP contribution in [0.15, 0.2) is 84.9 Å². The summed E-state index contributed by atoms with van der Waals surface area (Å²) in [6, 6.07) is 26.3. The summed E-state index contributed by atoms with van der Waals surface area (Å²) in [5.41, 5.74) is 3.12. The molecule has 0 spiro atoms. The summed E-state index contributed by atoms with van der Waals surface area (Å²) in [5.74, 6) is -0.256. The molecule has 0 saturated carbocycles. The average molecular weight is 387 g/mol. The molecule has 1 unspecified atom stereocenters. The van der Waals surface area contributed by atoms with E-state index >= 15 is 0 Å². The van der Waals surface area contributed by atoms with Crippen LogP contribution in [0.5, 0.6) is 0 Å². The first kappa shape index (κ1) is 20.1. The minimum atomic E-state index is -0.172. The second kappa shape index (κ2) is 10.1. The van der Waals surface area contributed by atoms with Crippen LogP contribution in [0.1, 0.15) is 35.3 Å². The van der Waals surface area contributed by atoms with Crippen molar-refractivity contribution in [1.82, 2.24) is 5.32 Å². The van der Waals surface area contributed by atoms with Crippen molar-refractivity contribution in [3.8, 4) is 0 Å². The van der Waals surface area contributed by atoms with E-state index in [0.717, 1.165) is 17.7 Å². The molecule has 0 saturated heterocycles. The molecule has 29 heavy (non-hydrogen) atoms. The molecule has 0 fully saturated rings. The molecule has 148 valence electrons. The number of carbonyl (C=O) groups is 2. The Kier molecular flexibility index (Phi) is 7.00. The van der Waals surface area contributed by atoms with Gasteiger partial charge < -0.3 is 16.0 Å². The predicted octanol–water partition coefficient (Wildman–Crippen LogP) is 4.62. The molecule has 0 aliphatic rings. The number of rotatable bonds is 8. The Morgan fingerprint density at radius 1 is 0.828 bits per heavy atom. The van der Waals surface area contributed by atoms with Crippen LogP contribution in [0.25, 0.3) is 0 Å². The first-order valence-electron chi connectivity index (χ1n) is 9.70. The largest absolute Gasteiger partial charge is 0.376 e. The Morgan fingerprint density at radius 3 is 2.17 bits per heavy atom. The van der Waals surface area contributed by atoms with Crippen molar-refractivity contribution in [3.05, 3.63) is 96.1 Å². The van der Waals surface area contributed by atoms with Crippen LogP contribution in [0.4, 0.5) is 11.4 Å². The number of hydrogen-bond acceptors (Lipinski definition) is 3. The molecular weight excluding hydrogens is 362 g/mol. The highest BCUT2D eigenvalue weighted by Crippen LogP contribution is 2.17. The van der Waals surface area contributed by atoms with Gasteiger partial charge in [-0.15, -0.1) is 0 Å². The van der Waals surface area contributed by atoms with Gasteiger partial charge in [0.05, 0.1) is 12.6 Å². The van der Waals surface area contributed by atoms with Crippen LogP contribution in [0.3, 0.4) is 0 Å². The fourth-order valence-electron chi connectivity index (χ4n) is 3.03. The topological polar surface area (TPSA) is 70.2 Å². The molecular formula is C24H25N3O2. The van der Waals surface area contributed by atoms with E-state index in [9.17, 15) is 9.59 Å². The molecule has 0 aromatic heterocycles. The lowest BCUT2D eigenvalue weighted by molar-refractivity contribution is -0.120. The van der Waals surface area contributed by atoms with Crippen molar-refractivity contribution in [2.24, 2.45) is 0 Å². The van der Waals surface area contributed by atoms with Crippen LogP contribution in [-0.4, -0.2) is 18.4 Å². The molecule has 3 aromatic rings. The van der Waals surface area contributed by atoms with Gasteiger partial charge in [-0.2, -0.15) is 0 Å². The smallest absolute Gasteiger partial charge is 0.255 e. The van der Waals surface area contributed by atoms with E-state index in [-0.39, 0.29) is 24.4 Å². The highest BCUT2D eigenvalue weighted by Gasteiger charge is 2.12. The minimum Gasteiger partial charge on any atom is -0.376 e. The number of carbonyl (C=O) groups excluding carboxylic acids is 2. The van der Waals surface area contributed by atoms with Crippen LogP contribution in [-0.2, 0) is 4.79 Å². The van der Waals surface area contributed by atoms with E-state index in [1.807, 2.05) is 79.7 Å². The van der Waals surface area contributed by atoms with Crippen molar-refractivity contribution in [2.75, 3.05) is 17.2 Å². The summed E-state index contributed by atoms with van der Waals surface area (Å²) >= 11 is 0. The molecule has 2 amide bonds. The summed E-state index contributed by atoms with van der Waals surface area (Å²) in [5, 5.41) is 9.04. The third kappa shape index (κ3) is 5.94. The van der Waals surface area contributed by atoms with Gasteiger partial charge in [-0.25, -0.2) is 0 Å². The summed E-state index contributed by atoms with van der Waals surface area (Å²) in [4.78, 5) is 24.6. The molecule has 3 aromatic carbocycles. The van der Waals surface area contributed by atoms with Gasteiger partial charge in [0.2, 0.25) is 5.91 Å². The van der Waals surface area contributed by atoms with E-state index in [4.69, 9.17) is 0 Å².